The second kappa shape index (κ2) is 7.42. The number of pyridine rings is 1. The third kappa shape index (κ3) is 3.58. The van der Waals surface area contributed by atoms with Crippen molar-refractivity contribution in [2.24, 2.45) is 17.8 Å². The molecule has 3 fully saturated rings. The Kier molecular flexibility index (Phi) is 5.04. The van der Waals surface area contributed by atoms with E-state index in [4.69, 9.17) is 4.74 Å². The molecule has 0 radical (unpaired) electrons. The van der Waals surface area contributed by atoms with Gasteiger partial charge in [-0.05, 0) is 49.8 Å². The number of ether oxygens (including phenoxy) is 1. The van der Waals surface area contributed by atoms with Gasteiger partial charge in [0.1, 0.15) is 0 Å². The van der Waals surface area contributed by atoms with Gasteiger partial charge in [-0.25, -0.2) is 0 Å². The lowest BCUT2D eigenvalue weighted by atomic mass is 9.77. The van der Waals surface area contributed by atoms with Gasteiger partial charge in [0.25, 0.3) is 0 Å². The monoisotopic (exact) mass is 343 g/mol. The summed E-state index contributed by atoms with van der Waals surface area (Å²) >= 11 is 0. The number of hydrogen-bond donors (Lipinski definition) is 0. The molecule has 0 N–H and O–H groups in total. The molecular weight excluding hydrogens is 314 g/mol. The second-order valence-electron chi connectivity index (χ2n) is 8.00. The molecule has 1 aromatic rings. The normalized spacial score (nSPS) is 32.2. The minimum Gasteiger partial charge on any atom is -0.381 e. The summed E-state index contributed by atoms with van der Waals surface area (Å²) in [6.45, 7) is 4.19. The highest BCUT2D eigenvalue weighted by atomic mass is 16.5. The largest absolute Gasteiger partial charge is 0.381 e. The van der Waals surface area contributed by atoms with Crippen molar-refractivity contribution in [2.75, 3.05) is 33.4 Å². The van der Waals surface area contributed by atoms with Gasteiger partial charge in [-0.1, -0.05) is 12.5 Å². The van der Waals surface area contributed by atoms with E-state index in [1.54, 1.807) is 0 Å². The van der Waals surface area contributed by atoms with E-state index in [9.17, 15) is 4.79 Å². The summed E-state index contributed by atoms with van der Waals surface area (Å²) in [5.41, 5.74) is 1.26. The van der Waals surface area contributed by atoms with Crippen LogP contribution in [0.3, 0.4) is 0 Å². The van der Waals surface area contributed by atoms with Gasteiger partial charge in [0.15, 0.2) is 0 Å². The molecule has 0 aromatic carbocycles. The first-order valence-corrected chi connectivity index (χ1v) is 9.68. The zero-order valence-corrected chi connectivity index (χ0v) is 15.1. The van der Waals surface area contributed by atoms with E-state index in [0.29, 0.717) is 30.4 Å². The number of aromatic nitrogens is 1. The predicted octanol–water partition coefficient (Wildman–Crippen LogP) is 2.18. The Hall–Kier alpha value is -1.46. The molecule has 136 valence electrons. The maximum atomic E-state index is 12.8. The average molecular weight is 343 g/mol. The van der Waals surface area contributed by atoms with Gasteiger partial charge in [0.2, 0.25) is 5.91 Å². The van der Waals surface area contributed by atoms with Gasteiger partial charge in [-0.2, -0.15) is 0 Å². The van der Waals surface area contributed by atoms with Crippen LogP contribution in [0.5, 0.6) is 0 Å². The van der Waals surface area contributed by atoms with Crippen molar-refractivity contribution >= 4 is 5.91 Å². The lowest BCUT2D eigenvalue weighted by Crippen LogP contribution is -2.43. The van der Waals surface area contributed by atoms with Crippen molar-refractivity contribution in [3.8, 4) is 0 Å². The summed E-state index contributed by atoms with van der Waals surface area (Å²) in [6, 6.07) is 4.72. The first kappa shape index (κ1) is 17.0. The van der Waals surface area contributed by atoms with Crippen LogP contribution in [0.4, 0.5) is 0 Å². The molecule has 1 aliphatic carbocycles. The lowest BCUT2D eigenvalue weighted by Gasteiger charge is -2.39. The number of rotatable bonds is 4. The number of likely N-dealkylation sites (tertiary alicyclic amines) is 1. The summed E-state index contributed by atoms with van der Waals surface area (Å²) in [4.78, 5) is 21.7. The predicted molar refractivity (Wildman–Crippen MR) is 95.8 cm³/mol. The first-order chi connectivity index (χ1) is 12.2. The summed E-state index contributed by atoms with van der Waals surface area (Å²) in [5, 5.41) is 0. The highest BCUT2D eigenvalue weighted by Crippen LogP contribution is 2.39. The van der Waals surface area contributed by atoms with Gasteiger partial charge in [-0.3, -0.25) is 14.7 Å². The lowest BCUT2D eigenvalue weighted by molar-refractivity contribution is -0.134. The highest BCUT2D eigenvalue weighted by Gasteiger charge is 2.44. The van der Waals surface area contributed by atoms with E-state index < -0.39 is 0 Å². The molecule has 0 bridgehead atoms. The van der Waals surface area contributed by atoms with Crippen LogP contribution < -0.4 is 0 Å². The van der Waals surface area contributed by atoms with Crippen molar-refractivity contribution < 1.29 is 9.53 Å². The molecule has 0 spiro atoms. The van der Waals surface area contributed by atoms with Crippen molar-refractivity contribution in [3.05, 3.63) is 30.1 Å². The Labute approximate surface area is 150 Å². The molecule has 4 rings (SSSR count). The maximum Gasteiger partial charge on any atom is 0.228 e. The molecule has 0 unspecified atom stereocenters. The SMILES string of the molecule is CN(Cc1cccnc1)[C@H]1CCC[C@@H]2CN(C(=O)[C@@H]3CCOC3)C[C@@H]21. The van der Waals surface area contributed by atoms with Crippen LogP contribution >= 0.6 is 0 Å². The van der Waals surface area contributed by atoms with Gasteiger partial charge in [-0.15, -0.1) is 0 Å². The fraction of sp³-hybridized carbons (Fsp3) is 0.700. The van der Waals surface area contributed by atoms with Gasteiger partial charge in [0, 0.05) is 44.7 Å². The van der Waals surface area contributed by atoms with Crippen LogP contribution in [0.15, 0.2) is 24.5 Å². The molecule has 2 saturated heterocycles. The smallest absolute Gasteiger partial charge is 0.228 e. The summed E-state index contributed by atoms with van der Waals surface area (Å²) < 4.78 is 5.42. The van der Waals surface area contributed by atoms with E-state index in [2.05, 4.69) is 27.9 Å². The van der Waals surface area contributed by atoms with E-state index in [1.807, 2.05) is 18.5 Å². The number of carbonyl (C=O) groups excluding carboxylic acids is 1. The van der Waals surface area contributed by atoms with Crippen LogP contribution in [0, 0.1) is 17.8 Å². The zero-order chi connectivity index (χ0) is 17.2. The minimum absolute atomic E-state index is 0.103. The Morgan fingerprint density at radius 1 is 1.36 bits per heavy atom. The summed E-state index contributed by atoms with van der Waals surface area (Å²) in [7, 11) is 2.23. The molecule has 1 aromatic heterocycles. The van der Waals surface area contributed by atoms with Gasteiger partial charge < -0.3 is 9.64 Å². The third-order valence-corrected chi connectivity index (χ3v) is 6.37. The van der Waals surface area contributed by atoms with E-state index in [1.165, 1.54) is 24.8 Å². The first-order valence-electron chi connectivity index (χ1n) is 9.68. The van der Waals surface area contributed by atoms with Crippen LogP contribution in [0.25, 0.3) is 0 Å². The Morgan fingerprint density at radius 2 is 2.28 bits per heavy atom. The van der Waals surface area contributed by atoms with Crippen LogP contribution in [-0.4, -0.2) is 60.1 Å². The number of carbonyl (C=O) groups is 1. The van der Waals surface area contributed by atoms with E-state index in [-0.39, 0.29) is 5.92 Å². The molecule has 1 saturated carbocycles. The van der Waals surface area contributed by atoms with Crippen molar-refractivity contribution in [1.29, 1.82) is 0 Å². The highest BCUT2D eigenvalue weighted by molar-refractivity contribution is 5.79. The number of fused-ring (bicyclic) bond motifs is 1. The number of amides is 1. The van der Waals surface area contributed by atoms with Crippen molar-refractivity contribution in [1.82, 2.24) is 14.8 Å². The number of nitrogens with zero attached hydrogens (tertiary/aromatic N) is 3. The molecule has 2 aliphatic heterocycles. The Bertz CT molecular complexity index is 588. The second-order valence-corrected chi connectivity index (χ2v) is 8.00. The van der Waals surface area contributed by atoms with Crippen LogP contribution in [-0.2, 0) is 16.1 Å². The fourth-order valence-electron chi connectivity index (χ4n) is 5.05. The molecule has 5 nitrogen and oxygen atoms in total. The van der Waals surface area contributed by atoms with Crippen molar-refractivity contribution in [2.45, 2.75) is 38.3 Å². The fourth-order valence-corrected chi connectivity index (χ4v) is 5.05. The summed E-state index contributed by atoms with van der Waals surface area (Å²) in [6.07, 6.45) is 8.47. The molecule has 1 amide bonds. The molecule has 3 aliphatic rings. The number of hydrogen-bond acceptors (Lipinski definition) is 4. The molecule has 5 heteroatoms. The van der Waals surface area contributed by atoms with E-state index in [0.717, 1.165) is 32.7 Å². The summed E-state index contributed by atoms with van der Waals surface area (Å²) in [5.74, 6) is 1.72. The van der Waals surface area contributed by atoms with Crippen LogP contribution in [0.2, 0.25) is 0 Å². The van der Waals surface area contributed by atoms with Crippen molar-refractivity contribution in [3.63, 3.8) is 0 Å². The maximum absolute atomic E-state index is 12.8. The Morgan fingerprint density at radius 3 is 3.04 bits per heavy atom. The van der Waals surface area contributed by atoms with Gasteiger partial charge >= 0.3 is 0 Å². The quantitative estimate of drug-likeness (QED) is 0.841. The van der Waals surface area contributed by atoms with E-state index >= 15 is 0 Å². The molecular formula is C20H29N3O2. The Balaban J connectivity index is 1.41. The van der Waals surface area contributed by atoms with Gasteiger partial charge in [0.05, 0.1) is 12.5 Å². The standard InChI is InChI=1S/C20H29N3O2/c1-22(11-15-4-3-8-21-10-15)19-6-2-5-16-12-23(13-18(16)19)20(24)17-7-9-25-14-17/h3-4,8,10,16-19H,2,5-7,9,11-14H2,1H3/t16-,17-,18+,19+/m1/s1. The third-order valence-electron chi connectivity index (χ3n) is 6.37. The molecule has 4 atom stereocenters. The topological polar surface area (TPSA) is 45.7 Å². The van der Waals surface area contributed by atoms with Crippen LogP contribution in [0.1, 0.15) is 31.2 Å². The minimum atomic E-state index is 0.103. The molecule has 3 heterocycles. The average Bonchev–Trinajstić information content (AvgIpc) is 3.31. The zero-order valence-electron chi connectivity index (χ0n) is 15.1. The molecule has 25 heavy (non-hydrogen) atoms.